The molecule has 2 N–H and O–H groups in total. The molecule has 3 rings (SSSR count). The lowest BCUT2D eigenvalue weighted by Crippen LogP contribution is -2.41. The molecule has 2 aromatic rings. The van der Waals surface area contributed by atoms with Gasteiger partial charge in [-0.25, -0.2) is 13.6 Å². The van der Waals surface area contributed by atoms with E-state index in [1.807, 2.05) is 38.2 Å². The van der Waals surface area contributed by atoms with E-state index in [9.17, 15) is 28.0 Å². The molecule has 174 valence electrons. The first-order chi connectivity index (χ1) is 15.5. The summed E-state index contributed by atoms with van der Waals surface area (Å²) in [4.78, 5) is 49.6. The van der Waals surface area contributed by atoms with Crippen LogP contribution in [0.4, 0.5) is 13.6 Å². The van der Waals surface area contributed by atoms with Crippen molar-refractivity contribution in [3.05, 3.63) is 68.7 Å². The zero-order valence-electron chi connectivity index (χ0n) is 18.4. The number of hydrogen-bond donors (Lipinski definition) is 2. The highest BCUT2D eigenvalue weighted by molar-refractivity contribution is 6.30. The molecular formula is C24H23ClF2N2O4. The summed E-state index contributed by atoms with van der Waals surface area (Å²) in [5, 5.41) is 3.98. The van der Waals surface area contributed by atoms with Gasteiger partial charge in [0.25, 0.3) is 5.91 Å². The standard InChI is InChI=1S/C24H23ClF2N2O4/c1-11-6-12(2)19(13(3)7-11)21-18(30)8-14(22(21)31)4-5-28-24(33)29-23(32)20-16(26)9-15(25)10-17(20)27/h6-7,9-10,14,21H,4-5,8H2,1-3H3,(H2,28,29,32,33). The van der Waals surface area contributed by atoms with E-state index in [2.05, 4.69) is 5.32 Å². The van der Waals surface area contributed by atoms with Crippen LogP contribution in [0, 0.1) is 38.3 Å². The number of hydrogen-bond acceptors (Lipinski definition) is 4. The molecule has 1 aliphatic rings. The van der Waals surface area contributed by atoms with E-state index in [1.165, 1.54) is 0 Å². The molecule has 0 saturated heterocycles. The lowest BCUT2D eigenvalue weighted by molar-refractivity contribution is -0.124. The minimum absolute atomic E-state index is 0.00698. The number of imide groups is 1. The molecule has 2 atom stereocenters. The number of halogens is 3. The Morgan fingerprint density at radius 2 is 1.61 bits per heavy atom. The lowest BCUT2D eigenvalue weighted by Gasteiger charge is -2.16. The molecule has 2 unspecified atom stereocenters. The number of carbonyl (C=O) groups is 4. The van der Waals surface area contributed by atoms with Crippen LogP contribution in [0.25, 0.3) is 0 Å². The van der Waals surface area contributed by atoms with Crippen LogP contribution in [0.15, 0.2) is 24.3 Å². The molecule has 2 aromatic carbocycles. The normalized spacial score (nSPS) is 17.9. The second-order valence-corrected chi connectivity index (χ2v) is 8.69. The van der Waals surface area contributed by atoms with Gasteiger partial charge in [0.2, 0.25) is 0 Å². The van der Waals surface area contributed by atoms with E-state index < -0.39 is 41.0 Å². The Morgan fingerprint density at radius 3 is 2.18 bits per heavy atom. The fourth-order valence-electron chi connectivity index (χ4n) is 4.38. The van der Waals surface area contributed by atoms with E-state index in [1.54, 1.807) is 0 Å². The second kappa shape index (κ2) is 9.79. The summed E-state index contributed by atoms with van der Waals surface area (Å²) in [5.74, 6) is -5.41. The van der Waals surface area contributed by atoms with Gasteiger partial charge in [0.1, 0.15) is 28.9 Å². The van der Waals surface area contributed by atoms with Gasteiger partial charge in [0, 0.05) is 23.9 Å². The number of urea groups is 1. The van der Waals surface area contributed by atoms with Crippen molar-refractivity contribution in [1.82, 2.24) is 10.6 Å². The van der Waals surface area contributed by atoms with Crippen LogP contribution < -0.4 is 10.6 Å². The Labute approximate surface area is 194 Å². The number of nitrogens with one attached hydrogen (secondary N) is 2. The second-order valence-electron chi connectivity index (χ2n) is 8.26. The molecule has 3 amide bonds. The molecule has 1 aliphatic carbocycles. The maximum atomic E-state index is 13.8. The van der Waals surface area contributed by atoms with Gasteiger partial charge in [-0.15, -0.1) is 0 Å². The van der Waals surface area contributed by atoms with Gasteiger partial charge in [0.05, 0.1) is 0 Å². The number of benzene rings is 2. The van der Waals surface area contributed by atoms with Gasteiger partial charge in [-0.1, -0.05) is 29.3 Å². The number of carbonyl (C=O) groups excluding carboxylic acids is 4. The van der Waals surface area contributed by atoms with Gasteiger partial charge in [-0.3, -0.25) is 19.7 Å². The number of rotatable bonds is 5. The van der Waals surface area contributed by atoms with Crippen molar-refractivity contribution in [3.8, 4) is 0 Å². The van der Waals surface area contributed by atoms with E-state index in [0.29, 0.717) is 0 Å². The van der Waals surface area contributed by atoms with Gasteiger partial charge < -0.3 is 5.32 Å². The van der Waals surface area contributed by atoms with Crippen LogP contribution in [-0.2, 0) is 9.59 Å². The fraction of sp³-hybridized carbons (Fsp3) is 0.333. The van der Waals surface area contributed by atoms with Crippen molar-refractivity contribution in [2.24, 2.45) is 5.92 Å². The van der Waals surface area contributed by atoms with Gasteiger partial charge in [0.15, 0.2) is 5.78 Å². The van der Waals surface area contributed by atoms with Crippen LogP contribution in [-0.4, -0.2) is 30.0 Å². The third-order valence-electron chi connectivity index (χ3n) is 5.72. The quantitative estimate of drug-likeness (QED) is 0.629. The molecule has 9 heteroatoms. The first kappa shape index (κ1) is 24.5. The van der Waals surface area contributed by atoms with E-state index in [0.717, 1.165) is 34.4 Å². The molecule has 0 aromatic heterocycles. The first-order valence-electron chi connectivity index (χ1n) is 10.4. The molecule has 33 heavy (non-hydrogen) atoms. The molecule has 6 nitrogen and oxygen atoms in total. The Balaban J connectivity index is 1.58. The minimum Gasteiger partial charge on any atom is -0.338 e. The summed E-state index contributed by atoms with van der Waals surface area (Å²) in [6.07, 6.45) is 0.260. The van der Waals surface area contributed by atoms with E-state index in [-0.39, 0.29) is 36.0 Å². The van der Waals surface area contributed by atoms with Crippen LogP contribution in [0.5, 0.6) is 0 Å². The molecule has 0 aliphatic heterocycles. The predicted octanol–water partition coefficient (Wildman–Crippen LogP) is 4.31. The Morgan fingerprint density at radius 1 is 1.03 bits per heavy atom. The molecular weight excluding hydrogens is 454 g/mol. The summed E-state index contributed by atoms with van der Waals surface area (Å²) in [6.45, 7) is 5.69. The highest BCUT2D eigenvalue weighted by atomic mass is 35.5. The maximum Gasteiger partial charge on any atom is 0.321 e. The lowest BCUT2D eigenvalue weighted by atomic mass is 9.86. The molecule has 0 heterocycles. The average molecular weight is 477 g/mol. The number of ketones is 2. The third-order valence-corrected chi connectivity index (χ3v) is 5.94. The summed E-state index contributed by atoms with van der Waals surface area (Å²) < 4.78 is 27.6. The summed E-state index contributed by atoms with van der Waals surface area (Å²) in [6, 6.07) is 4.41. The largest absolute Gasteiger partial charge is 0.338 e. The van der Waals surface area contributed by atoms with Gasteiger partial charge in [-0.2, -0.15) is 0 Å². The van der Waals surface area contributed by atoms with Crippen molar-refractivity contribution in [2.75, 3.05) is 6.54 Å². The van der Waals surface area contributed by atoms with Crippen LogP contribution in [0.1, 0.15) is 51.4 Å². The van der Waals surface area contributed by atoms with Crippen molar-refractivity contribution in [2.45, 2.75) is 39.5 Å². The predicted molar refractivity (Wildman–Crippen MR) is 118 cm³/mol. The summed E-state index contributed by atoms with van der Waals surface area (Å²) in [7, 11) is 0. The zero-order chi connectivity index (χ0) is 24.4. The van der Waals surface area contributed by atoms with Crippen molar-refractivity contribution >= 4 is 35.1 Å². The Bertz CT molecular complexity index is 1120. The van der Waals surface area contributed by atoms with E-state index in [4.69, 9.17) is 11.6 Å². The zero-order valence-corrected chi connectivity index (χ0v) is 19.1. The highest BCUT2D eigenvalue weighted by Crippen LogP contribution is 2.37. The van der Waals surface area contributed by atoms with E-state index >= 15 is 0 Å². The van der Waals surface area contributed by atoms with Crippen molar-refractivity contribution in [3.63, 3.8) is 0 Å². The van der Waals surface area contributed by atoms with Crippen LogP contribution in [0.3, 0.4) is 0 Å². The van der Waals surface area contributed by atoms with Crippen molar-refractivity contribution < 1.29 is 28.0 Å². The van der Waals surface area contributed by atoms with Crippen LogP contribution >= 0.6 is 11.6 Å². The molecule has 0 spiro atoms. The van der Waals surface area contributed by atoms with Crippen LogP contribution in [0.2, 0.25) is 5.02 Å². The first-order valence-corrected chi connectivity index (χ1v) is 10.7. The summed E-state index contributed by atoms with van der Waals surface area (Å²) in [5.41, 5.74) is 2.63. The van der Waals surface area contributed by atoms with Gasteiger partial charge >= 0.3 is 6.03 Å². The SMILES string of the molecule is Cc1cc(C)c(C2C(=O)CC(CCNC(=O)NC(=O)c3c(F)cc(Cl)cc3F)C2=O)c(C)c1. The summed E-state index contributed by atoms with van der Waals surface area (Å²) >= 11 is 5.52. The molecule has 1 fully saturated rings. The Hall–Kier alpha value is -3.13. The number of Topliss-reactive ketones (excluding diaryl/α,β-unsaturated/α-hetero) is 2. The fourth-order valence-corrected chi connectivity index (χ4v) is 4.57. The smallest absolute Gasteiger partial charge is 0.321 e. The topological polar surface area (TPSA) is 92.3 Å². The average Bonchev–Trinajstić information content (AvgIpc) is 2.94. The maximum absolute atomic E-state index is 13.8. The monoisotopic (exact) mass is 476 g/mol. The van der Waals surface area contributed by atoms with Crippen molar-refractivity contribution in [1.29, 1.82) is 0 Å². The third kappa shape index (κ3) is 5.27. The molecule has 0 bridgehead atoms. The number of aryl methyl sites for hydroxylation is 3. The number of amides is 3. The minimum atomic E-state index is -1.27. The Kier molecular flexibility index (Phi) is 7.27. The molecule has 1 saturated carbocycles. The van der Waals surface area contributed by atoms with Gasteiger partial charge in [-0.05, 0) is 56.0 Å². The highest BCUT2D eigenvalue weighted by Gasteiger charge is 2.42. The molecule has 0 radical (unpaired) electrons.